The fraction of sp³-hybridized carbons (Fsp3) is 0.0893. The molecule has 1 aliphatic heterocycles. The molecule has 1 aliphatic carbocycles. The molecule has 0 bridgehead atoms. The van der Waals surface area contributed by atoms with Crippen molar-refractivity contribution >= 4 is 17.5 Å². The van der Waals surface area contributed by atoms with Crippen LogP contribution in [0.2, 0.25) is 0 Å². The number of aryl methyl sites for hydroxylation is 1. The van der Waals surface area contributed by atoms with Crippen molar-refractivity contribution in [2.24, 2.45) is 10.7 Å². The van der Waals surface area contributed by atoms with Gasteiger partial charge in [-0.2, -0.15) is 0 Å². The van der Waals surface area contributed by atoms with Gasteiger partial charge in [-0.15, -0.1) is 24.9 Å². The lowest BCUT2D eigenvalue weighted by Gasteiger charge is -2.37. The predicted octanol–water partition coefficient (Wildman–Crippen LogP) is 13.7. The first-order chi connectivity index (χ1) is 29.1. The van der Waals surface area contributed by atoms with E-state index >= 15 is 0 Å². The SMILES string of the molecule is C=C.Cc1cccc(-c2cccc3c2-c2ccccc2C32Cc3ccccc3SCc3ccccc32)c1.NC/N=C(/c1ccccc1)c1ccc(-c2ccccc2)cc1. The highest BCUT2D eigenvalue weighted by molar-refractivity contribution is 7.98. The Kier molecular flexibility index (Phi) is 12.0. The van der Waals surface area contributed by atoms with E-state index < -0.39 is 0 Å². The zero-order valence-electron chi connectivity index (χ0n) is 33.5. The van der Waals surface area contributed by atoms with Crippen molar-refractivity contribution in [1.29, 1.82) is 0 Å². The highest BCUT2D eigenvalue weighted by atomic mass is 32.2. The van der Waals surface area contributed by atoms with Crippen LogP contribution in [0.3, 0.4) is 0 Å². The summed E-state index contributed by atoms with van der Waals surface area (Å²) in [5.41, 5.74) is 24.8. The molecule has 0 aromatic heterocycles. The van der Waals surface area contributed by atoms with Gasteiger partial charge in [0.25, 0.3) is 0 Å². The van der Waals surface area contributed by atoms with E-state index in [2.05, 4.69) is 201 Å². The lowest BCUT2D eigenvalue weighted by molar-refractivity contribution is 0.617. The summed E-state index contributed by atoms with van der Waals surface area (Å²) in [6.07, 6.45) is 0.967. The molecule has 1 unspecified atom stereocenters. The van der Waals surface area contributed by atoms with Crippen LogP contribution in [0.15, 0.2) is 223 Å². The van der Waals surface area contributed by atoms with Crippen LogP contribution in [-0.4, -0.2) is 12.4 Å². The molecule has 59 heavy (non-hydrogen) atoms. The van der Waals surface area contributed by atoms with Gasteiger partial charge < -0.3 is 5.73 Å². The minimum atomic E-state index is -0.209. The van der Waals surface area contributed by atoms with E-state index in [-0.39, 0.29) is 12.1 Å². The van der Waals surface area contributed by atoms with Gasteiger partial charge in [0.15, 0.2) is 0 Å². The van der Waals surface area contributed by atoms with E-state index in [1.54, 1.807) is 0 Å². The third-order valence-corrected chi connectivity index (χ3v) is 12.5. The van der Waals surface area contributed by atoms with Crippen LogP contribution in [0.4, 0.5) is 0 Å². The Hall–Kier alpha value is -6.52. The average Bonchev–Trinajstić information content (AvgIpc) is 3.59. The Balaban J connectivity index is 0.000000174. The molecular weight excluding hydrogens is 733 g/mol. The average molecular weight is 781 g/mol. The quantitative estimate of drug-likeness (QED) is 0.140. The van der Waals surface area contributed by atoms with Crippen molar-refractivity contribution in [2.45, 2.75) is 29.4 Å². The molecule has 1 spiro atoms. The molecule has 2 N–H and O–H groups in total. The summed E-state index contributed by atoms with van der Waals surface area (Å²) in [5, 5.41) is 0. The summed E-state index contributed by atoms with van der Waals surface area (Å²) in [4.78, 5) is 5.87. The molecular formula is C56H48N2S. The lowest BCUT2D eigenvalue weighted by atomic mass is 9.67. The molecule has 0 radical (unpaired) electrons. The van der Waals surface area contributed by atoms with Crippen LogP contribution >= 0.6 is 11.8 Å². The zero-order chi connectivity index (χ0) is 40.6. The van der Waals surface area contributed by atoms with E-state index in [9.17, 15) is 0 Å². The smallest absolute Gasteiger partial charge is 0.0867 e. The standard InChI is InChI=1S/C34H26S.C20H18N2.C2H4/c1-23-10-8-13-24(20-23)27-15-9-18-31-33(27)28-14-4-6-17-30(28)34(31)21-25-11-3-7-19-32(25)35-22-26-12-2-5-16-29(26)34;21-15-22-20(18-9-5-2-6-10-18)19-13-11-17(12-14-19)16-7-3-1-4-8-16;1-2/h2-20H,21-22H2,1H3;1-14H,15,21H2;1-2H2/b;22-20-;. The van der Waals surface area contributed by atoms with E-state index in [1.807, 2.05) is 36.0 Å². The van der Waals surface area contributed by atoms with Gasteiger partial charge in [-0.3, -0.25) is 4.99 Å². The number of rotatable bonds is 5. The molecule has 288 valence electrons. The number of thioether (sulfide) groups is 1. The largest absolute Gasteiger partial charge is 0.312 e. The zero-order valence-corrected chi connectivity index (χ0v) is 34.3. The molecule has 0 saturated heterocycles. The summed E-state index contributed by atoms with van der Waals surface area (Å²) in [7, 11) is 0. The van der Waals surface area contributed by atoms with Gasteiger partial charge in [0.1, 0.15) is 0 Å². The van der Waals surface area contributed by atoms with Gasteiger partial charge in [0.05, 0.1) is 17.8 Å². The maximum atomic E-state index is 5.64. The van der Waals surface area contributed by atoms with Crippen molar-refractivity contribution in [1.82, 2.24) is 0 Å². The van der Waals surface area contributed by atoms with Crippen LogP contribution in [0.25, 0.3) is 33.4 Å². The first-order valence-corrected chi connectivity index (χ1v) is 21.2. The highest BCUT2D eigenvalue weighted by Crippen LogP contribution is 2.58. The lowest BCUT2D eigenvalue weighted by Crippen LogP contribution is -2.32. The molecule has 2 nitrogen and oxygen atoms in total. The first kappa shape index (κ1) is 39.3. The number of nitrogens with two attached hydrogens (primary N) is 1. The van der Waals surface area contributed by atoms with Crippen LogP contribution in [-0.2, 0) is 17.6 Å². The Labute approximate surface area is 353 Å². The molecule has 0 amide bonds. The van der Waals surface area contributed by atoms with Crippen molar-refractivity contribution in [3.8, 4) is 33.4 Å². The summed E-state index contributed by atoms with van der Waals surface area (Å²) in [6, 6.07) is 72.2. The number of benzene rings is 8. The van der Waals surface area contributed by atoms with Gasteiger partial charge in [-0.1, -0.05) is 200 Å². The molecule has 2 aliphatic rings. The third-order valence-electron chi connectivity index (χ3n) is 11.4. The summed E-state index contributed by atoms with van der Waals surface area (Å²) >= 11 is 1.97. The Morgan fingerprint density at radius 2 is 1.10 bits per heavy atom. The Bertz CT molecular complexity index is 2720. The molecule has 8 aromatic rings. The summed E-state index contributed by atoms with van der Waals surface area (Å²) < 4.78 is 0. The minimum absolute atomic E-state index is 0.209. The van der Waals surface area contributed by atoms with E-state index in [1.165, 1.54) is 71.7 Å². The number of fused-ring (bicyclic) bond motifs is 8. The Morgan fingerprint density at radius 3 is 1.85 bits per heavy atom. The highest BCUT2D eigenvalue weighted by Gasteiger charge is 2.47. The van der Waals surface area contributed by atoms with Crippen molar-refractivity contribution in [2.75, 3.05) is 6.67 Å². The van der Waals surface area contributed by atoms with Gasteiger partial charge >= 0.3 is 0 Å². The minimum Gasteiger partial charge on any atom is -0.312 e. The third kappa shape index (κ3) is 7.76. The molecule has 10 rings (SSSR count). The molecule has 8 aromatic carbocycles. The van der Waals surface area contributed by atoms with Crippen molar-refractivity contribution in [3.63, 3.8) is 0 Å². The van der Waals surface area contributed by atoms with Crippen LogP contribution in [0.1, 0.15) is 44.5 Å². The van der Waals surface area contributed by atoms with E-state index in [4.69, 9.17) is 5.73 Å². The predicted molar refractivity (Wildman–Crippen MR) is 252 cm³/mol. The number of nitrogens with zero attached hydrogens (tertiary/aromatic N) is 1. The Morgan fingerprint density at radius 1 is 0.542 bits per heavy atom. The second-order valence-electron chi connectivity index (χ2n) is 14.8. The molecule has 3 heteroatoms. The van der Waals surface area contributed by atoms with Crippen LogP contribution in [0, 0.1) is 6.92 Å². The van der Waals surface area contributed by atoms with Crippen molar-refractivity contribution in [3.05, 3.63) is 258 Å². The van der Waals surface area contributed by atoms with Gasteiger partial charge in [0.2, 0.25) is 0 Å². The number of hydrogen-bond donors (Lipinski definition) is 1. The number of aliphatic imine (C=N–C) groups is 1. The van der Waals surface area contributed by atoms with E-state index in [0.29, 0.717) is 0 Å². The van der Waals surface area contributed by atoms with Crippen LogP contribution < -0.4 is 5.73 Å². The normalized spacial score (nSPS) is 14.8. The first-order valence-electron chi connectivity index (χ1n) is 20.2. The van der Waals surface area contributed by atoms with E-state index in [0.717, 1.165) is 29.0 Å². The fourth-order valence-corrected chi connectivity index (χ4v) is 9.89. The van der Waals surface area contributed by atoms with Crippen LogP contribution in [0.5, 0.6) is 0 Å². The molecule has 0 fully saturated rings. The van der Waals surface area contributed by atoms with Gasteiger partial charge in [-0.05, 0) is 80.6 Å². The van der Waals surface area contributed by atoms with Gasteiger partial charge in [0, 0.05) is 21.8 Å². The topological polar surface area (TPSA) is 38.4 Å². The summed E-state index contributed by atoms with van der Waals surface area (Å²) in [6.45, 7) is 8.46. The second kappa shape index (κ2) is 18.0. The maximum Gasteiger partial charge on any atom is 0.0867 e. The number of hydrogen-bond acceptors (Lipinski definition) is 3. The maximum absolute atomic E-state index is 5.64. The molecule has 1 atom stereocenters. The fourth-order valence-electron chi connectivity index (χ4n) is 8.83. The monoisotopic (exact) mass is 780 g/mol. The molecule has 0 saturated carbocycles. The van der Waals surface area contributed by atoms with Crippen molar-refractivity contribution < 1.29 is 0 Å². The second-order valence-corrected chi connectivity index (χ2v) is 15.8. The molecule has 1 heterocycles. The van der Waals surface area contributed by atoms with Gasteiger partial charge in [-0.25, -0.2) is 0 Å². The summed E-state index contributed by atoms with van der Waals surface area (Å²) in [5.74, 6) is 0.990.